The van der Waals surface area contributed by atoms with Crippen LogP contribution < -0.4 is 27.9 Å². The van der Waals surface area contributed by atoms with Gasteiger partial charge in [0.2, 0.25) is 0 Å². The van der Waals surface area contributed by atoms with Crippen molar-refractivity contribution in [3.63, 3.8) is 0 Å². The maximum absolute atomic E-state index is 12.3. The van der Waals surface area contributed by atoms with Gasteiger partial charge >= 0.3 is 18.1 Å². The van der Waals surface area contributed by atoms with E-state index in [9.17, 15) is 34.7 Å². The molecule has 11 atom stereocenters. The molecule has 0 aromatic carbocycles. The van der Waals surface area contributed by atoms with Gasteiger partial charge in [-0.1, -0.05) is 0 Å². The number of nitrogen functional groups attached to an aromatic ring is 2. The van der Waals surface area contributed by atoms with Crippen LogP contribution in [-0.2, 0) is 51.4 Å². The zero-order valence-electron chi connectivity index (χ0n) is 28.8. The van der Waals surface area contributed by atoms with Crippen LogP contribution >= 0.6 is 13.4 Å². The van der Waals surface area contributed by atoms with Crippen LogP contribution in [-0.4, -0.2) is 120 Å². The predicted molar refractivity (Wildman–Crippen MR) is 199 cm³/mol. The molecule has 4 aromatic heterocycles. The van der Waals surface area contributed by atoms with Gasteiger partial charge in [0, 0.05) is 31.7 Å². The van der Waals surface area contributed by atoms with Gasteiger partial charge in [-0.05, 0) is 35.7 Å². The molecule has 4 aromatic rings. The van der Waals surface area contributed by atoms with E-state index in [1.54, 1.807) is 0 Å². The molecule has 24 nitrogen and oxygen atoms in total. The van der Waals surface area contributed by atoms with Crippen molar-refractivity contribution in [3.8, 4) is 0 Å². The summed E-state index contributed by atoms with van der Waals surface area (Å²) >= 11 is 10.6. The van der Waals surface area contributed by atoms with E-state index >= 15 is 0 Å². The van der Waals surface area contributed by atoms with Gasteiger partial charge in [0.15, 0.2) is 17.0 Å². The lowest BCUT2D eigenvalue weighted by Crippen LogP contribution is -2.29. The molecule has 0 amide bonds. The predicted octanol–water partition coefficient (Wildman–Crippen LogP) is -1.65. The lowest BCUT2D eigenvalue weighted by atomic mass is 10.2. The number of imidazole rings is 1. The Kier molecular flexibility index (Phi) is 12.0. The summed E-state index contributed by atoms with van der Waals surface area (Å²) in [7, 11) is 0. The summed E-state index contributed by atoms with van der Waals surface area (Å²) in [6, 6.07) is 2.82. The standard InChI is InChI=1S/C28H37N11O13P2S2/c29-19-1-3-37(27(43)34-19)22-6-14(16(8-40)48-22)51-53(45,55)36-25-24-26(32-11-31-25)39(12-33-24)21-5-13(42)18(50-21)10-47-54(46,56)52-15-7-23(49-17(15)9-41)38-4-2-20(30)35-28(38)44/h1-4,11-18,21-23,40-42H,5-10H2,(H,46,56)(H2,29,34,43)(H2,30,35,44)(H2,31,32,36,45,55)/t13-,14-,15-,16+,17+,18+,21+,22+,23+,53?,54?/m0/s1. The molecule has 3 aliphatic rings. The monoisotopic (exact) mass is 861 g/mol. The summed E-state index contributed by atoms with van der Waals surface area (Å²) < 4.78 is 38.5. The van der Waals surface area contributed by atoms with Crippen LogP contribution in [0.1, 0.15) is 37.9 Å². The van der Waals surface area contributed by atoms with Crippen LogP contribution in [0, 0.1) is 0 Å². The summed E-state index contributed by atoms with van der Waals surface area (Å²) in [5, 5.41) is 33.3. The Bertz CT molecular complexity index is 2290. The highest BCUT2D eigenvalue weighted by Gasteiger charge is 2.43. The number of aromatic nitrogens is 8. The third-order valence-electron chi connectivity index (χ3n) is 9.11. The molecule has 0 aliphatic carbocycles. The van der Waals surface area contributed by atoms with Gasteiger partial charge in [0.25, 0.3) is 6.64 Å². The first-order valence-electron chi connectivity index (χ1n) is 16.8. The van der Waals surface area contributed by atoms with Crippen LogP contribution in [0.5, 0.6) is 0 Å². The average molecular weight is 862 g/mol. The highest BCUT2D eigenvalue weighted by Crippen LogP contribution is 2.50. The smallest absolute Gasteiger partial charge is 0.351 e. The van der Waals surface area contributed by atoms with E-state index in [1.165, 1.54) is 50.9 Å². The maximum Gasteiger partial charge on any atom is 0.351 e. The van der Waals surface area contributed by atoms with E-state index in [-0.39, 0.29) is 54.5 Å². The fourth-order valence-electron chi connectivity index (χ4n) is 6.48. The van der Waals surface area contributed by atoms with Crippen molar-refractivity contribution >= 4 is 65.6 Å². The van der Waals surface area contributed by atoms with Crippen LogP contribution in [0.3, 0.4) is 0 Å². The topological polar surface area (TPSA) is 334 Å². The summed E-state index contributed by atoms with van der Waals surface area (Å²) in [6.07, 6.45) is -2.95. The van der Waals surface area contributed by atoms with Crippen molar-refractivity contribution in [1.29, 1.82) is 0 Å². The van der Waals surface area contributed by atoms with Crippen LogP contribution in [0.4, 0.5) is 17.5 Å². The molecule has 0 saturated carbocycles. The van der Waals surface area contributed by atoms with Crippen LogP contribution in [0.25, 0.3) is 11.2 Å². The number of rotatable bonds is 14. The number of nitrogens with zero attached hydrogens (tertiary/aromatic N) is 8. The molecule has 7 rings (SSSR count). The number of nitrogens with two attached hydrogens (primary N) is 2. The van der Waals surface area contributed by atoms with E-state index in [1.807, 2.05) is 0 Å². The van der Waals surface area contributed by atoms with Gasteiger partial charge in [-0.25, -0.2) is 24.5 Å². The first-order valence-corrected chi connectivity index (χ1v) is 22.1. The van der Waals surface area contributed by atoms with Crippen molar-refractivity contribution in [2.75, 3.05) is 36.4 Å². The molecule has 7 heterocycles. The van der Waals surface area contributed by atoms with Crippen LogP contribution in [0.2, 0.25) is 0 Å². The first kappa shape index (κ1) is 40.8. The molecule has 28 heteroatoms. The van der Waals surface area contributed by atoms with Gasteiger partial charge < -0.3 is 64.4 Å². The molecule has 56 heavy (non-hydrogen) atoms. The fourth-order valence-corrected chi connectivity index (χ4v) is 9.61. The number of fused-ring (bicyclic) bond motifs is 1. The minimum Gasteiger partial charge on any atom is -0.394 e. The second-order valence-corrected chi connectivity index (χ2v) is 18.6. The molecule has 0 spiro atoms. The molecule has 304 valence electrons. The van der Waals surface area contributed by atoms with E-state index in [2.05, 4.69) is 30.0 Å². The van der Waals surface area contributed by atoms with Crippen molar-refractivity contribution in [2.24, 2.45) is 0 Å². The Morgan fingerprint density at radius 2 is 1.38 bits per heavy atom. The molecular weight excluding hydrogens is 824 g/mol. The largest absolute Gasteiger partial charge is 0.394 e. The molecule has 2 unspecified atom stereocenters. The normalized spacial score (nSPS) is 30.1. The molecule has 0 bridgehead atoms. The van der Waals surface area contributed by atoms with E-state index in [4.69, 9.17) is 62.9 Å². The Balaban J connectivity index is 0.968. The molecule has 3 fully saturated rings. The third kappa shape index (κ3) is 8.84. The van der Waals surface area contributed by atoms with Crippen LogP contribution in [0.15, 0.2) is 46.8 Å². The van der Waals surface area contributed by atoms with E-state index in [0.717, 1.165) is 0 Å². The van der Waals surface area contributed by atoms with Crippen molar-refractivity contribution in [2.45, 2.75) is 74.6 Å². The van der Waals surface area contributed by atoms with Crippen molar-refractivity contribution in [3.05, 3.63) is 58.1 Å². The highest BCUT2D eigenvalue weighted by atomic mass is 32.5. The van der Waals surface area contributed by atoms with Crippen molar-refractivity contribution in [1.82, 2.24) is 38.6 Å². The third-order valence-corrected chi connectivity index (χ3v) is 12.3. The van der Waals surface area contributed by atoms with Gasteiger partial charge in [0.1, 0.15) is 55.0 Å². The fraction of sp³-hybridized carbons (Fsp3) is 0.536. The average Bonchev–Trinajstić information content (AvgIpc) is 3.92. The van der Waals surface area contributed by atoms with Gasteiger partial charge in [0.05, 0.1) is 44.5 Å². The molecule has 3 saturated heterocycles. The Labute approximate surface area is 325 Å². The Morgan fingerprint density at radius 3 is 1.95 bits per heavy atom. The summed E-state index contributed by atoms with van der Waals surface area (Å²) in [5.41, 5.74) is 10.2. The van der Waals surface area contributed by atoms with Crippen molar-refractivity contribution < 1.29 is 52.9 Å². The maximum atomic E-state index is 12.3. The number of hydrogen-bond acceptors (Lipinski definition) is 20. The summed E-state index contributed by atoms with van der Waals surface area (Å²) in [6.45, 7) is -9.29. The molecule has 3 aliphatic heterocycles. The summed E-state index contributed by atoms with van der Waals surface area (Å²) in [4.78, 5) is 66.9. The zero-order chi connectivity index (χ0) is 39.9. The molecular formula is C28H37N11O13P2S2. The quantitative estimate of drug-likeness (QED) is 0.0658. The van der Waals surface area contributed by atoms with Gasteiger partial charge in [-0.15, -0.1) is 0 Å². The van der Waals surface area contributed by atoms with E-state index < -0.39 is 93.3 Å². The summed E-state index contributed by atoms with van der Waals surface area (Å²) in [5.74, 6) is 0.0691. The number of ether oxygens (including phenoxy) is 3. The number of aliphatic hydroxyl groups excluding tert-OH is 3. The number of hydrogen-bond donors (Lipinski definition) is 8. The Hall–Kier alpha value is -3.43. The lowest BCUT2D eigenvalue weighted by Gasteiger charge is -2.24. The lowest BCUT2D eigenvalue weighted by molar-refractivity contribution is -0.0519. The van der Waals surface area contributed by atoms with E-state index in [0.29, 0.717) is 0 Å². The molecule has 0 radical (unpaired) electrons. The second kappa shape index (κ2) is 16.4. The zero-order valence-corrected chi connectivity index (χ0v) is 32.3. The first-order chi connectivity index (χ1) is 26.6. The highest BCUT2D eigenvalue weighted by molar-refractivity contribution is 8.10. The SMILES string of the molecule is Nc1ccn([C@H]2C[C@H](OP(O)(=S)Nc3ncnc4c3ncn4[C@H]3C[C@H](O)[C@@H](COP(O)(=S)O[C@H]4C[C@H](n5ccc(N)nc5=O)O[C@@H]4CO)O3)[C@@H](CO)O2)c(=O)n1. The van der Waals surface area contributed by atoms with Gasteiger partial charge in [-0.3, -0.25) is 18.8 Å². The minimum absolute atomic E-state index is 0.0166. The number of aliphatic hydroxyl groups is 3. The van der Waals surface area contributed by atoms with Gasteiger partial charge in [-0.2, -0.15) is 9.97 Å². The minimum atomic E-state index is -4.00. The molecule has 10 N–H and O–H groups in total. The second-order valence-electron chi connectivity index (χ2n) is 12.8. The Morgan fingerprint density at radius 1 is 0.821 bits per heavy atom. The number of nitrogens with one attached hydrogen (secondary N) is 1. The number of anilines is 3.